The van der Waals surface area contributed by atoms with E-state index in [-0.39, 0.29) is 22.3 Å². The molecule has 0 amide bonds. The molecule has 0 N–H and O–H groups in total. The number of hydrogen-bond donors (Lipinski definition) is 0. The Morgan fingerprint density at radius 1 is 1.06 bits per heavy atom. The molecule has 11 heteroatoms. The maximum Gasteiger partial charge on any atom is 0.433 e. The van der Waals surface area contributed by atoms with E-state index >= 15 is 4.39 Å². The highest BCUT2D eigenvalue weighted by Gasteiger charge is 2.32. The molecule has 0 saturated heterocycles. The van der Waals surface area contributed by atoms with E-state index in [2.05, 4.69) is 15.1 Å². The van der Waals surface area contributed by atoms with Crippen molar-refractivity contribution in [3.8, 4) is 5.69 Å². The molecule has 5 nitrogen and oxygen atoms in total. The molecule has 0 saturated carbocycles. The Balaban J connectivity index is 1.98. The lowest BCUT2D eigenvalue weighted by molar-refractivity contribution is -0.141. The first-order chi connectivity index (χ1) is 16.0. The van der Waals surface area contributed by atoms with Crippen molar-refractivity contribution < 1.29 is 26.3 Å². The molecule has 4 aromatic rings. The van der Waals surface area contributed by atoms with Gasteiger partial charge in [0.1, 0.15) is 22.7 Å². The van der Waals surface area contributed by atoms with Gasteiger partial charge in [0.2, 0.25) is 5.43 Å². The predicted octanol–water partition coefficient (Wildman–Crippen LogP) is 5.56. The zero-order valence-electron chi connectivity index (χ0n) is 17.6. The van der Waals surface area contributed by atoms with Gasteiger partial charge in [-0.25, -0.2) is 22.8 Å². The summed E-state index contributed by atoms with van der Waals surface area (Å²) in [5, 5.41) is 3.92. The zero-order chi connectivity index (χ0) is 24.8. The Morgan fingerprint density at radius 2 is 1.79 bits per heavy atom. The van der Waals surface area contributed by atoms with Gasteiger partial charge in [0, 0.05) is 18.0 Å². The lowest BCUT2D eigenvalue weighted by Gasteiger charge is -2.13. The number of benzene rings is 1. The summed E-state index contributed by atoms with van der Waals surface area (Å²) in [4.78, 5) is 20.4. The molecule has 0 aliphatic rings. The molecule has 0 bridgehead atoms. The van der Waals surface area contributed by atoms with E-state index in [0.717, 1.165) is 29.1 Å². The smallest absolute Gasteiger partial charge is 0.285 e. The Morgan fingerprint density at radius 3 is 2.47 bits per heavy atom. The summed E-state index contributed by atoms with van der Waals surface area (Å²) in [6.45, 7) is 3.30. The number of rotatable bonds is 3. The van der Waals surface area contributed by atoms with E-state index in [0.29, 0.717) is 29.5 Å². The summed E-state index contributed by atoms with van der Waals surface area (Å²) in [5.41, 5.74) is -2.65. The van der Waals surface area contributed by atoms with Crippen LogP contribution in [0, 0.1) is 25.5 Å². The highest BCUT2D eigenvalue weighted by molar-refractivity contribution is 5.82. The van der Waals surface area contributed by atoms with Crippen LogP contribution in [0.4, 0.5) is 26.3 Å². The SMILES string of the molecule is Cc1cc2c(nc1C)c(=O)c(/C(F)=C/c1ccnc(C(F)(F)F)c1)nn2-c1ccc(F)cc1F. The zero-order valence-corrected chi connectivity index (χ0v) is 17.6. The van der Waals surface area contributed by atoms with Gasteiger partial charge in [-0.1, -0.05) is 0 Å². The number of hydrogen-bond acceptors (Lipinski definition) is 4. The second-order valence-corrected chi connectivity index (χ2v) is 7.41. The minimum atomic E-state index is -4.76. The molecular weight excluding hydrogens is 462 g/mol. The average Bonchev–Trinajstić information content (AvgIpc) is 2.75. The molecule has 0 aliphatic heterocycles. The number of fused-ring (bicyclic) bond motifs is 1. The Bertz CT molecular complexity index is 1520. The standard InChI is InChI=1S/C23H14F6N4O/c1-11-7-18-21(31-12(11)2)22(34)20(32-33(18)17-4-3-14(24)10-15(17)25)16(26)8-13-5-6-30-19(9-13)23(27,28)29/h3-10H,1-2H3/b16-8-. The molecule has 34 heavy (non-hydrogen) atoms. The highest BCUT2D eigenvalue weighted by atomic mass is 19.4. The highest BCUT2D eigenvalue weighted by Crippen LogP contribution is 2.29. The molecule has 3 heterocycles. The largest absolute Gasteiger partial charge is 0.433 e. The fraction of sp³-hybridized carbons (Fsp3) is 0.130. The fourth-order valence-corrected chi connectivity index (χ4v) is 3.23. The van der Waals surface area contributed by atoms with E-state index in [1.807, 2.05) is 0 Å². The quantitative estimate of drug-likeness (QED) is 0.364. The summed E-state index contributed by atoms with van der Waals surface area (Å²) < 4.78 is 82.9. The third kappa shape index (κ3) is 4.28. The molecule has 1 aromatic carbocycles. The van der Waals surface area contributed by atoms with Gasteiger partial charge in [0.05, 0.1) is 5.52 Å². The number of aryl methyl sites for hydroxylation is 2. The van der Waals surface area contributed by atoms with Gasteiger partial charge < -0.3 is 0 Å². The van der Waals surface area contributed by atoms with Crippen molar-refractivity contribution in [1.82, 2.24) is 19.7 Å². The maximum absolute atomic E-state index is 15.2. The van der Waals surface area contributed by atoms with Crippen molar-refractivity contribution in [2.45, 2.75) is 20.0 Å². The summed E-state index contributed by atoms with van der Waals surface area (Å²) in [7, 11) is 0. The van der Waals surface area contributed by atoms with Gasteiger partial charge in [0.15, 0.2) is 17.3 Å². The minimum absolute atomic E-state index is 0.0402. The predicted molar refractivity (Wildman–Crippen MR) is 113 cm³/mol. The average molecular weight is 476 g/mol. The second-order valence-electron chi connectivity index (χ2n) is 7.41. The topological polar surface area (TPSA) is 60.7 Å². The Kier molecular flexibility index (Phi) is 5.72. The monoisotopic (exact) mass is 476 g/mol. The molecule has 3 aromatic heterocycles. The molecule has 0 atom stereocenters. The van der Waals surface area contributed by atoms with Crippen molar-refractivity contribution in [3.05, 3.63) is 92.7 Å². The van der Waals surface area contributed by atoms with Crippen LogP contribution in [0.2, 0.25) is 0 Å². The summed E-state index contributed by atoms with van der Waals surface area (Å²) in [6, 6.07) is 5.82. The molecule has 0 fully saturated rings. The van der Waals surface area contributed by atoms with Crippen LogP contribution in [-0.4, -0.2) is 19.7 Å². The first-order valence-corrected chi connectivity index (χ1v) is 9.73. The van der Waals surface area contributed by atoms with Crippen LogP contribution >= 0.6 is 0 Å². The fourth-order valence-electron chi connectivity index (χ4n) is 3.23. The van der Waals surface area contributed by atoms with E-state index < -0.39 is 40.5 Å². The van der Waals surface area contributed by atoms with Crippen LogP contribution in [0.25, 0.3) is 28.6 Å². The Hall–Kier alpha value is -4.02. The molecule has 0 radical (unpaired) electrons. The van der Waals surface area contributed by atoms with Gasteiger partial charge in [-0.3, -0.25) is 9.78 Å². The summed E-state index contributed by atoms with van der Waals surface area (Å²) in [6.07, 6.45) is -3.23. The van der Waals surface area contributed by atoms with Crippen LogP contribution in [0.5, 0.6) is 0 Å². The van der Waals surface area contributed by atoms with Gasteiger partial charge >= 0.3 is 6.18 Å². The van der Waals surface area contributed by atoms with Crippen LogP contribution in [0.3, 0.4) is 0 Å². The minimum Gasteiger partial charge on any atom is -0.285 e. The third-order valence-electron chi connectivity index (χ3n) is 5.04. The molecular formula is C23H14F6N4O. The van der Waals surface area contributed by atoms with Gasteiger partial charge in [-0.05, 0) is 61.4 Å². The number of nitrogens with zero attached hydrogens (tertiary/aromatic N) is 4. The normalized spacial score (nSPS) is 12.4. The molecule has 0 aliphatic carbocycles. The number of halogens is 6. The van der Waals surface area contributed by atoms with E-state index in [9.17, 15) is 26.7 Å². The van der Waals surface area contributed by atoms with E-state index in [1.165, 1.54) is 6.07 Å². The van der Waals surface area contributed by atoms with Crippen molar-refractivity contribution in [3.63, 3.8) is 0 Å². The van der Waals surface area contributed by atoms with Gasteiger partial charge in [-0.15, -0.1) is 0 Å². The van der Waals surface area contributed by atoms with Crippen LogP contribution in [0.15, 0.2) is 47.4 Å². The number of pyridine rings is 2. The van der Waals surface area contributed by atoms with Crippen LogP contribution in [0.1, 0.15) is 28.2 Å². The number of aromatic nitrogens is 4. The summed E-state index contributed by atoms with van der Waals surface area (Å²) in [5.74, 6) is -3.17. The second kappa shape index (κ2) is 8.40. The van der Waals surface area contributed by atoms with Crippen LogP contribution < -0.4 is 5.43 Å². The summed E-state index contributed by atoms with van der Waals surface area (Å²) >= 11 is 0. The lowest BCUT2D eigenvalue weighted by atomic mass is 10.1. The molecule has 174 valence electrons. The molecule has 0 unspecified atom stereocenters. The lowest BCUT2D eigenvalue weighted by Crippen LogP contribution is -2.19. The van der Waals surface area contributed by atoms with E-state index in [4.69, 9.17) is 0 Å². The van der Waals surface area contributed by atoms with E-state index in [1.54, 1.807) is 13.8 Å². The first-order valence-electron chi connectivity index (χ1n) is 9.73. The number of alkyl halides is 3. The van der Waals surface area contributed by atoms with Crippen molar-refractivity contribution >= 4 is 22.9 Å². The maximum atomic E-state index is 15.2. The van der Waals surface area contributed by atoms with Crippen LogP contribution in [-0.2, 0) is 6.18 Å². The Labute approximate surface area is 188 Å². The van der Waals surface area contributed by atoms with Crippen molar-refractivity contribution in [2.75, 3.05) is 0 Å². The van der Waals surface area contributed by atoms with Crippen molar-refractivity contribution in [1.29, 1.82) is 0 Å². The van der Waals surface area contributed by atoms with Crippen molar-refractivity contribution in [2.24, 2.45) is 0 Å². The van der Waals surface area contributed by atoms with Gasteiger partial charge in [-0.2, -0.15) is 18.3 Å². The first kappa shape index (κ1) is 23.1. The molecule has 4 rings (SSSR count). The third-order valence-corrected chi connectivity index (χ3v) is 5.04. The molecule has 0 spiro atoms. The van der Waals surface area contributed by atoms with Gasteiger partial charge in [0.25, 0.3) is 0 Å².